The maximum Gasteiger partial charge on any atom is 0.254 e. The van der Waals surface area contributed by atoms with Crippen LogP contribution in [0.1, 0.15) is 59.0 Å². The number of nitrogens with zero attached hydrogens (tertiary/aromatic N) is 4. The van der Waals surface area contributed by atoms with Crippen LogP contribution in [0.4, 0.5) is 0 Å². The van der Waals surface area contributed by atoms with Crippen molar-refractivity contribution in [1.82, 2.24) is 25.2 Å². The van der Waals surface area contributed by atoms with Gasteiger partial charge in [0, 0.05) is 57.0 Å². The molecule has 3 heterocycles. The maximum atomic E-state index is 12.8. The number of aromatic nitrogens is 3. The van der Waals surface area contributed by atoms with Crippen LogP contribution in [0.25, 0.3) is 0 Å². The highest BCUT2D eigenvalue weighted by Crippen LogP contribution is 2.29. The van der Waals surface area contributed by atoms with Gasteiger partial charge in [0.1, 0.15) is 5.82 Å². The van der Waals surface area contributed by atoms with Gasteiger partial charge in [-0.25, -0.2) is 9.97 Å². The topological polar surface area (TPSA) is 88.1 Å². The molecule has 1 N–H and O–H groups in total. The smallest absolute Gasteiger partial charge is 0.254 e. The first-order valence-corrected chi connectivity index (χ1v) is 10.3. The monoisotopic (exact) mass is 405 g/mol. The molecule has 3 rings (SSSR count). The number of nitrogens with one attached hydrogen (secondary N) is 1. The van der Waals surface area contributed by atoms with Crippen LogP contribution in [0, 0.1) is 19.3 Å². The van der Waals surface area contributed by atoms with E-state index in [4.69, 9.17) is 6.42 Å². The number of carbonyl (C=O) groups is 2. The van der Waals surface area contributed by atoms with Crippen molar-refractivity contribution in [3.8, 4) is 12.3 Å². The van der Waals surface area contributed by atoms with Crippen LogP contribution >= 0.6 is 0 Å². The van der Waals surface area contributed by atoms with Gasteiger partial charge in [0.15, 0.2) is 0 Å². The molecular weight excluding hydrogens is 378 g/mol. The summed E-state index contributed by atoms with van der Waals surface area (Å²) in [6.07, 6.45) is 13.5. The van der Waals surface area contributed by atoms with Crippen LogP contribution in [0.5, 0.6) is 0 Å². The molecule has 0 aliphatic carbocycles. The van der Waals surface area contributed by atoms with E-state index in [1.807, 2.05) is 24.0 Å². The van der Waals surface area contributed by atoms with Gasteiger partial charge in [-0.05, 0) is 37.8 Å². The van der Waals surface area contributed by atoms with Gasteiger partial charge >= 0.3 is 0 Å². The molecule has 0 spiro atoms. The third-order valence-electron chi connectivity index (χ3n) is 5.32. The summed E-state index contributed by atoms with van der Waals surface area (Å²) in [6, 6.07) is 3.87. The first-order valence-electron chi connectivity index (χ1n) is 10.3. The Hall–Kier alpha value is -3.27. The largest absolute Gasteiger partial charge is 0.352 e. The Balaban J connectivity index is 1.62. The Morgan fingerprint density at radius 3 is 2.80 bits per heavy atom. The van der Waals surface area contributed by atoms with E-state index in [-0.39, 0.29) is 17.7 Å². The highest BCUT2D eigenvalue weighted by atomic mass is 16.2. The SMILES string of the molecule is C#CCCC(=O)N1CCC(c2nc(C)ncc2C(=O)NCCc2cccnc2)CC1. The Morgan fingerprint density at radius 1 is 1.30 bits per heavy atom. The van der Waals surface area contributed by atoms with Gasteiger partial charge in [0.2, 0.25) is 5.91 Å². The van der Waals surface area contributed by atoms with E-state index in [1.165, 1.54) is 0 Å². The molecule has 0 unspecified atom stereocenters. The standard InChI is InChI=1S/C23H27N5O2/c1-3-4-7-21(29)28-13-9-19(10-14-28)22-20(16-26-17(2)27-22)23(30)25-12-8-18-6-5-11-24-15-18/h1,5-6,11,15-16,19H,4,7-10,12-14H2,2H3,(H,25,30). The van der Waals surface area contributed by atoms with E-state index in [2.05, 4.69) is 26.2 Å². The quantitative estimate of drug-likeness (QED) is 0.714. The number of likely N-dealkylation sites (tertiary alicyclic amines) is 1. The summed E-state index contributed by atoms with van der Waals surface area (Å²) in [6.45, 7) is 3.64. The van der Waals surface area contributed by atoms with Crippen molar-refractivity contribution in [2.24, 2.45) is 0 Å². The average Bonchev–Trinajstić information content (AvgIpc) is 2.78. The molecule has 7 heteroatoms. The summed E-state index contributed by atoms with van der Waals surface area (Å²) in [5.41, 5.74) is 2.36. The number of carbonyl (C=O) groups excluding carboxylic acids is 2. The lowest BCUT2D eigenvalue weighted by atomic mass is 9.90. The van der Waals surface area contributed by atoms with Gasteiger partial charge in [-0.15, -0.1) is 12.3 Å². The molecule has 0 atom stereocenters. The van der Waals surface area contributed by atoms with Gasteiger partial charge in [-0.2, -0.15) is 0 Å². The number of amides is 2. The molecule has 156 valence electrons. The van der Waals surface area contributed by atoms with Gasteiger partial charge in [-0.1, -0.05) is 6.07 Å². The number of terminal acetylenes is 1. The van der Waals surface area contributed by atoms with Crippen LogP contribution in [0.15, 0.2) is 30.7 Å². The Morgan fingerprint density at radius 2 is 2.10 bits per heavy atom. The average molecular weight is 406 g/mol. The van der Waals surface area contributed by atoms with Crippen molar-refractivity contribution in [2.45, 2.75) is 44.9 Å². The minimum Gasteiger partial charge on any atom is -0.352 e. The van der Waals surface area contributed by atoms with Crippen molar-refractivity contribution in [1.29, 1.82) is 0 Å². The van der Waals surface area contributed by atoms with E-state index < -0.39 is 0 Å². The highest BCUT2D eigenvalue weighted by Gasteiger charge is 2.28. The first-order chi connectivity index (χ1) is 14.6. The lowest BCUT2D eigenvalue weighted by Crippen LogP contribution is -2.38. The minimum atomic E-state index is -0.165. The highest BCUT2D eigenvalue weighted by molar-refractivity contribution is 5.95. The molecule has 0 bridgehead atoms. The third-order valence-corrected chi connectivity index (χ3v) is 5.32. The maximum absolute atomic E-state index is 12.8. The molecule has 30 heavy (non-hydrogen) atoms. The zero-order chi connectivity index (χ0) is 21.3. The Bertz CT molecular complexity index is 915. The predicted octanol–water partition coefficient (Wildman–Crippen LogP) is 2.27. The summed E-state index contributed by atoms with van der Waals surface area (Å²) in [7, 11) is 0. The van der Waals surface area contributed by atoms with Gasteiger partial charge in [-0.3, -0.25) is 14.6 Å². The molecule has 1 aliphatic rings. The second-order valence-electron chi connectivity index (χ2n) is 7.44. The van der Waals surface area contributed by atoms with Crippen molar-refractivity contribution in [3.63, 3.8) is 0 Å². The number of piperidine rings is 1. The first kappa shape index (κ1) is 21.4. The lowest BCUT2D eigenvalue weighted by Gasteiger charge is -2.32. The van der Waals surface area contributed by atoms with E-state index >= 15 is 0 Å². The van der Waals surface area contributed by atoms with Crippen molar-refractivity contribution >= 4 is 11.8 Å². The van der Waals surface area contributed by atoms with Gasteiger partial charge in [0.05, 0.1) is 11.3 Å². The summed E-state index contributed by atoms with van der Waals surface area (Å²) in [4.78, 5) is 39.8. The number of pyridine rings is 1. The fourth-order valence-corrected chi connectivity index (χ4v) is 3.67. The molecular formula is C23H27N5O2. The van der Waals surface area contributed by atoms with Crippen molar-refractivity contribution < 1.29 is 9.59 Å². The van der Waals surface area contributed by atoms with Crippen LogP contribution in [0.2, 0.25) is 0 Å². The molecule has 1 fully saturated rings. The fourth-order valence-electron chi connectivity index (χ4n) is 3.67. The van der Waals surface area contributed by atoms with Crippen LogP contribution in [-0.2, 0) is 11.2 Å². The van der Waals surface area contributed by atoms with E-state index in [0.717, 1.165) is 24.1 Å². The van der Waals surface area contributed by atoms with Gasteiger partial charge < -0.3 is 10.2 Å². The molecule has 2 aromatic rings. The van der Waals surface area contributed by atoms with Crippen LogP contribution in [-0.4, -0.2) is 51.3 Å². The molecule has 1 saturated heterocycles. The number of hydrogen-bond donors (Lipinski definition) is 1. The molecule has 0 radical (unpaired) electrons. The lowest BCUT2D eigenvalue weighted by molar-refractivity contribution is -0.132. The normalized spacial score (nSPS) is 14.2. The van der Waals surface area contributed by atoms with Crippen molar-refractivity contribution in [3.05, 3.63) is 53.4 Å². The predicted molar refractivity (Wildman–Crippen MR) is 114 cm³/mol. The van der Waals surface area contributed by atoms with Crippen LogP contribution < -0.4 is 5.32 Å². The molecule has 0 aromatic carbocycles. The zero-order valence-corrected chi connectivity index (χ0v) is 17.3. The second-order valence-corrected chi connectivity index (χ2v) is 7.44. The van der Waals surface area contributed by atoms with E-state index in [9.17, 15) is 9.59 Å². The molecule has 2 amide bonds. The minimum absolute atomic E-state index is 0.0960. The molecule has 0 saturated carbocycles. The van der Waals surface area contributed by atoms with E-state index in [0.29, 0.717) is 50.3 Å². The fraction of sp³-hybridized carbons (Fsp3) is 0.435. The summed E-state index contributed by atoms with van der Waals surface area (Å²) >= 11 is 0. The number of rotatable bonds is 7. The molecule has 7 nitrogen and oxygen atoms in total. The second kappa shape index (κ2) is 10.5. The molecule has 1 aliphatic heterocycles. The number of hydrogen-bond acceptors (Lipinski definition) is 5. The van der Waals surface area contributed by atoms with Crippen molar-refractivity contribution in [2.75, 3.05) is 19.6 Å². The Labute approximate surface area is 177 Å². The van der Waals surface area contributed by atoms with E-state index in [1.54, 1.807) is 18.6 Å². The number of aryl methyl sites for hydroxylation is 1. The molecule has 2 aromatic heterocycles. The zero-order valence-electron chi connectivity index (χ0n) is 17.3. The Kier molecular flexibility index (Phi) is 7.50. The summed E-state index contributed by atoms with van der Waals surface area (Å²) in [5, 5.41) is 2.97. The van der Waals surface area contributed by atoms with Gasteiger partial charge in [0.25, 0.3) is 5.91 Å². The third kappa shape index (κ3) is 5.63. The summed E-state index contributed by atoms with van der Waals surface area (Å²) < 4.78 is 0. The van der Waals surface area contributed by atoms with Crippen LogP contribution in [0.3, 0.4) is 0 Å². The summed E-state index contributed by atoms with van der Waals surface area (Å²) in [5.74, 6) is 3.21.